The molecule has 33 heavy (non-hydrogen) atoms. The summed E-state index contributed by atoms with van der Waals surface area (Å²) in [5.74, 6) is 1.54. The van der Waals surface area contributed by atoms with Crippen LogP contribution in [0.3, 0.4) is 0 Å². The van der Waals surface area contributed by atoms with Crippen molar-refractivity contribution in [3.8, 4) is 11.4 Å². The van der Waals surface area contributed by atoms with Crippen LogP contribution in [0, 0.1) is 6.92 Å². The van der Waals surface area contributed by atoms with Gasteiger partial charge in [0.15, 0.2) is 11.5 Å². The van der Waals surface area contributed by atoms with Crippen molar-refractivity contribution in [1.29, 1.82) is 0 Å². The van der Waals surface area contributed by atoms with E-state index in [2.05, 4.69) is 30.7 Å². The number of fused-ring (bicyclic) bond motifs is 1. The van der Waals surface area contributed by atoms with E-state index in [9.17, 15) is 4.79 Å². The summed E-state index contributed by atoms with van der Waals surface area (Å²) in [5, 5.41) is 10.8. The fourth-order valence-electron chi connectivity index (χ4n) is 3.99. The lowest BCUT2D eigenvalue weighted by molar-refractivity contribution is 0.200. The Morgan fingerprint density at radius 2 is 1.76 bits per heavy atom. The minimum atomic E-state index is -0.0548. The number of carbonyl (C=O) groups is 1. The number of nitrogen functional groups attached to an aromatic ring is 1. The predicted molar refractivity (Wildman–Crippen MR) is 127 cm³/mol. The lowest BCUT2D eigenvalue weighted by Crippen LogP contribution is -2.38. The van der Waals surface area contributed by atoms with Gasteiger partial charge in [0, 0.05) is 36.7 Å². The molecule has 0 radical (unpaired) electrons. The zero-order chi connectivity index (χ0) is 22.8. The first kappa shape index (κ1) is 20.7. The van der Waals surface area contributed by atoms with E-state index in [1.807, 2.05) is 41.3 Å². The van der Waals surface area contributed by atoms with Gasteiger partial charge < -0.3 is 21.3 Å². The minimum absolute atomic E-state index is 0.0548. The third-order valence-electron chi connectivity index (χ3n) is 5.54. The number of likely N-dealkylation sites (tertiary alicyclic amines) is 1. The van der Waals surface area contributed by atoms with Crippen molar-refractivity contribution in [3.63, 3.8) is 0 Å². The second kappa shape index (κ2) is 8.73. The monoisotopic (exact) mass is 443 g/mol. The Morgan fingerprint density at radius 3 is 2.52 bits per heavy atom. The standard InChI is InChI=1S/C23H25N9O/c1-15-26-18(14-19(24)27-15)21-22(30-20-6-5-11-25-32(20)21)28-16-7-9-17(10-8-16)29-23(33)31-12-3-2-4-13-31/h5-11,14,28H,2-4,12-13H2,1H3,(H,29,33)(H2,24,26,27). The molecule has 4 aromatic rings. The fourth-order valence-corrected chi connectivity index (χ4v) is 3.99. The van der Waals surface area contributed by atoms with Gasteiger partial charge in [-0.05, 0) is 62.6 Å². The maximum Gasteiger partial charge on any atom is 0.321 e. The second-order valence-corrected chi connectivity index (χ2v) is 8.01. The van der Waals surface area contributed by atoms with Gasteiger partial charge in [0.2, 0.25) is 0 Å². The summed E-state index contributed by atoms with van der Waals surface area (Å²) < 4.78 is 1.72. The van der Waals surface area contributed by atoms with Gasteiger partial charge in [-0.1, -0.05) is 0 Å². The van der Waals surface area contributed by atoms with E-state index in [0.717, 1.165) is 37.3 Å². The number of hydrogen-bond donors (Lipinski definition) is 3. The smallest absolute Gasteiger partial charge is 0.321 e. The third kappa shape index (κ3) is 4.40. The Balaban J connectivity index is 1.40. The number of anilines is 4. The lowest BCUT2D eigenvalue weighted by atomic mass is 10.1. The molecule has 10 nitrogen and oxygen atoms in total. The molecule has 1 saturated heterocycles. The van der Waals surface area contributed by atoms with Gasteiger partial charge >= 0.3 is 6.03 Å². The summed E-state index contributed by atoms with van der Waals surface area (Å²) in [7, 11) is 0. The van der Waals surface area contributed by atoms with E-state index in [0.29, 0.717) is 34.5 Å². The Morgan fingerprint density at radius 1 is 1.00 bits per heavy atom. The van der Waals surface area contributed by atoms with Gasteiger partial charge in [-0.15, -0.1) is 0 Å². The highest BCUT2D eigenvalue weighted by molar-refractivity contribution is 5.89. The number of nitrogens with zero attached hydrogens (tertiary/aromatic N) is 6. The second-order valence-electron chi connectivity index (χ2n) is 8.01. The van der Waals surface area contributed by atoms with Gasteiger partial charge in [0.1, 0.15) is 17.3 Å². The topological polar surface area (TPSA) is 126 Å². The van der Waals surface area contributed by atoms with Crippen molar-refractivity contribution >= 4 is 34.7 Å². The molecule has 10 heteroatoms. The van der Waals surface area contributed by atoms with Gasteiger partial charge in [0.25, 0.3) is 0 Å². The van der Waals surface area contributed by atoms with Crippen LogP contribution in [0.25, 0.3) is 17.0 Å². The number of piperidine rings is 1. The molecule has 1 aliphatic rings. The number of urea groups is 1. The average Bonchev–Trinajstić information content (AvgIpc) is 3.18. The number of nitrogens with one attached hydrogen (secondary N) is 2. The summed E-state index contributed by atoms with van der Waals surface area (Å²) in [4.78, 5) is 27.7. The van der Waals surface area contributed by atoms with Crippen molar-refractivity contribution in [3.05, 3.63) is 54.5 Å². The maximum atomic E-state index is 12.5. The number of carbonyl (C=O) groups excluding carboxylic acids is 1. The number of amides is 2. The van der Waals surface area contributed by atoms with Crippen molar-refractivity contribution in [1.82, 2.24) is 29.5 Å². The summed E-state index contributed by atoms with van der Waals surface area (Å²) in [6, 6.07) is 12.9. The number of nitrogens with two attached hydrogens (primary N) is 1. The minimum Gasteiger partial charge on any atom is -0.384 e. The molecule has 0 aliphatic carbocycles. The Hall–Kier alpha value is -4.21. The molecule has 1 aromatic carbocycles. The van der Waals surface area contributed by atoms with Crippen LogP contribution in [-0.4, -0.2) is 48.6 Å². The van der Waals surface area contributed by atoms with Crippen molar-refractivity contribution in [2.75, 3.05) is 29.5 Å². The number of imidazole rings is 1. The molecule has 0 atom stereocenters. The number of benzene rings is 1. The van der Waals surface area contributed by atoms with Gasteiger partial charge in [-0.25, -0.2) is 24.3 Å². The molecular formula is C23H25N9O. The van der Waals surface area contributed by atoms with Gasteiger partial charge in [-0.3, -0.25) is 0 Å². The molecule has 0 unspecified atom stereocenters. The van der Waals surface area contributed by atoms with Gasteiger partial charge in [-0.2, -0.15) is 5.10 Å². The highest BCUT2D eigenvalue weighted by Gasteiger charge is 2.19. The molecule has 3 aromatic heterocycles. The number of aromatic nitrogens is 5. The molecule has 1 aliphatic heterocycles. The van der Waals surface area contributed by atoms with Crippen LogP contribution >= 0.6 is 0 Å². The first-order chi connectivity index (χ1) is 16.1. The summed E-state index contributed by atoms with van der Waals surface area (Å²) >= 11 is 0. The summed E-state index contributed by atoms with van der Waals surface area (Å²) in [6.45, 7) is 3.41. The zero-order valence-corrected chi connectivity index (χ0v) is 18.3. The molecule has 0 saturated carbocycles. The summed E-state index contributed by atoms with van der Waals surface area (Å²) in [6.07, 6.45) is 5.00. The zero-order valence-electron chi connectivity index (χ0n) is 18.3. The van der Waals surface area contributed by atoms with Crippen LogP contribution in [0.15, 0.2) is 48.7 Å². The maximum absolute atomic E-state index is 12.5. The number of hydrogen-bond acceptors (Lipinski definition) is 7. The van der Waals surface area contributed by atoms with Crippen molar-refractivity contribution < 1.29 is 4.79 Å². The number of rotatable bonds is 4. The van der Waals surface area contributed by atoms with Crippen LogP contribution in [0.4, 0.5) is 27.8 Å². The average molecular weight is 444 g/mol. The SMILES string of the molecule is Cc1nc(N)cc(-c2c(Nc3ccc(NC(=O)N4CCCCC4)cc3)nc3cccnn23)n1. The molecule has 5 rings (SSSR count). The van der Waals surface area contributed by atoms with Gasteiger partial charge in [0.05, 0.1) is 5.69 Å². The van der Waals surface area contributed by atoms with E-state index >= 15 is 0 Å². The van der Waals surface area contributed by atoms with Crippen molar-refractivity contribution in [2.45, 2.75) is 26.2 Å². The quantitative estimate of drug-likeness (QED) is 0.437. The number of aryl methyl sites for hydroxylation is 1. The molecule has 0 bridgehead atoms. The normalized spacial score (nSPS) is 13.8. The molecule has 4 heterocycles. The van der Waals surface area contributed by atoms with Crippen LogP contribution < -0.4 is 16.4 Å². The highest BCUT2D eigenvalue weighted by atomic mass is 16.2. The third-order valence-corrected chi connectivity index (χ3v) is 5.54. The van der Waals surface area contributed by atoms with Crippen LogP contribution in [0.1, 0.15) is 25.1 Å². The van der Waals surface area contributed by atoms with Crippen molar-refractivity contribution in [2.24, 2.45) is 0 Å². The molecule has 2 amide bonds. The molecule has 1 fully saturated rings. The lowest BCUT2D eigenvalue weighted by Gasteiger charge is -2.26. The van der Waals surface area contributed by atoms with E-state index in [1.54, 1.807) is 23.7 Å². The first-order valence-corrected chi connectivity index (χ1v) is 10.9. The molecule has 0 spiro atoms. The largest absolute Gasteiger partial charge is 0.384 e. The van der Waals surface area contributed by atoms with E-state index in [-0.39, 0.29) is 6.03 Å². The first-order valence-electron chi connectivity index (χ1n) is 10.9. The van der Waals surface area contributed by atoms with Crippen LogP contribution in [0.5, 0.6) is 0 Å². The molecular weight excluding hydrogens is 418 g/mol. The molecule has 4 N–H and O–H groups in total. The van der Waals surface area contributed by atoms with Crippen LogP contribution in [0.2, 0.25) is 0 Å². The molecule has 168 valence electrons. The van der Waals surface area contributed by atoms with E-state index in [4.69, 9.17) is 5.73 Å². The highest BCUT2D eigenvalue weighted by Crippen LogP contribution is 2.30. The summed E-state index contributed by atoms with van der Waals surface area (Å²) in [5.41, 5.74) is 9.51. The predicted octanol–water partition coefficient (Wildman–Crippen LogP) is 3.84. The Kier molecular flexibility index (Phi) is 5.47. The fraction of sp³-hybridized carbons (Fsp3) is 0.261. The Bertz CT molecular complexity index is 1270. The van der Waals surface area contributed by atoms with Crippen LogP contribution in [-0.2, 0) is 0 Å². The Labute approximate surface area is 190 Å². The van der Waals surface area contributed by atoms with E-state index < -0.39 is 0 Å². The van der Waals surface area contributed by atoms with E-state index in [1.165, 1.54) is 6.42 Å².